The molecule has 4 rings (SSSR count). The molecule has 3 aromatic rings. The summed E-state index contributed by atoms with van der Waals surface area (Å²) in [6.07, 6.45) is -0.724. The van der Waals surface area contributed by atoms with Crippen LogP contribution in [0.5, 0.6) is 17.2 Å². The molecule has 0 aliphatic carbocycles. The fourth-order valence-corrected chi connectivity index (χ4v) is 4.58. The maximum absolute atomic E-state index is 14.2. The molecule has 1 aliphatic rings. The van der Waals surface area contributed by atoms with Gasteiger partial charge in [-0.2, -0.15) is 13.2 Å². The van der Waals surface area contributed by atoms with Crippen LogP contribution < -0.4 is 19.8 Å². The van der Waals surface area contributed by atoms with Crippen LogP contribution in [0, 0.1) is 0 Å². The second kappa shape index (κ2) is 9.58. The summed E-state index contributed by atoms with van der Waals surface area (Å²) in [7, 11) is 2.76. The summed E-state index contributed by atoms with van der Waals surface area (Å²) in [5.41, 5.74) is -1.45. The van der Waals surface area contributed by atoms with E-state index < -0.39 is 22.9 Å². The third kappa shape index (κ3) is 4.57. The van der Waals surface area contributed by atoms with Crippen molar-refractivity contribution in [3.05, 3.63) is 51.9 Å². The summed E-state index contributed by atoms with van der Waals surface area (Å²) < 4.78 is 58.3. The monoisotopic (exact) mass is 478 g/mol. The number of ether oxygens (including phenoxy) is 2. The molecule has 0 atom stereocenters. The highest BCUT2D eigenvalue weighted by Gasteiger charge is 2.40. The van der Waals surface area contributed by atoms with Crippen LogP contribution in [0.1, 0.15) is 37.0 Å². The first-order valence-corrected chi connectivity index (χ1v) is 11.2. The molecule has 2 N–H and O–H groups in total. The number of benzene rings is 2. The van der Waals surface area contributed by atoms with Crippen molar-refractivity contribution in [3.63, 3.8) is 0 Å². The van der Waals surface area contributed by atoms with Gasteiger partial charge in [-0.15, -0.1) is 0 Å². The summed E-state index contributed by atoms with van der Waals surface area (Å²) in [4.78, 5) is 14.6. The number of halogens is 3. The molecule has 1 fully saturated rings. The van der Waals surface area contributed by atoms with Gasteiger partial charge in [-0.25, -0.2) is 0 Å². The Morgan fingerprint density at radius 3 is 2.29 bits per heavy atom. The lowest BCUT2D eigenvalue weighted by Gasteiger charge is -2.19. The second-order valence-electron chi connectivity index (χ2n) is 8.48. The van der Waals surface area contributed by atoms with Gasteiger partial charge in [0.1, 0.15) is 12.3 Å². The number of nitrogens with one attached hydrogen (secondary N) is 1. The molecule has 1 saturated heterocycles. The molecule has 1 aliphatic heterocycles. The first-order valence-electron chi connectivity index (χ1n) is 11.2. The first-order chi connectivity index (χ1) is 16.2. The third-order valence-corrected chi connectivity index (χ3v) is 6.31. The number of phenolic OH excluding ortho intramolecular Hbond substituents is 1. The smallest absolute Gasteiger partial charge is 0.450 e. The summed E-state index contributed by atoms with van der Waals surface area (Å²) in [5, 5.41) is 10.5. The van der Waals surface area contributed by atoms with E-state index in [0.29, 0.717) is 5.75 Å². The highest BCUT2D eigenvalue weighted by atomic mass is 19.4. The van der Waals surface area contributed by atoms with Crippen LogP contribution in [0.15, 0.2) is 39.5 Å². The van der Waals surface area contributed by atoms with Crippen LogP contribution in [-0.4, -0.2) is 32.4 Å². The van der Waals surface area contributed by atoms with Crippen molar-refractivity contribution in [1.82, 2.24) is 0 Å². The third-order valence-electron chi connectivity index (χ3n) is 6.31. The minimum Gasteiger partial charge on any atom is -0.507 e. The van der Waals surface area contributed by atoms with Crippen LogP contribution >= 0.6 is 0 Å². The van der Waals surface area contributed by atoms with Crippen molar-refractivity contribution in [2.75, 3.05) is 27.3 Å². The van der Waals surface area contributed by atoms with Crippen molar-refractivity contribution < 1.29 is 37.1 Å². The number of fused-ring (bicyclic) bond motifs is 1. The van der Waals surface area contributed by atoms with Crippen molar-refractivity contribution in [2.24, 2.45) is 0 Å². The number of aromatic hydroxyl groups is 1. The van der Waals surface area contributed by atoms with Gasteiger partial charge in [-0.3, -0.25) is 4.79 Å². The van der Waals surface area contributed by atoms with Gasteiger partial charge in [-0.1, -0.05) is 6.07 Å². The summed E-state index contributed by atoms with van der Waals surface area (Å²) in [6.45, 7) is 1.96. The van der Waals surface area contributed by atoms with Crippen LogP contribution in [0.25, 0.3) is 22.1 Å². The Kier molecular flexibility index (Phi) is 6.74. The highest BCUT2D eigenvalue weighted by molar-refractivity contribution is 5.87. The van der Waals surface area contributed by atoms with E-state index in [1.165, 1.54) is 44.6 Å². The van der Waals surface area contributed by atoms with E-state index in [2.05, 4.69) is 0 Å². The second-order valence-corrected chi connectivity index (χ2v) is 8.48. The SMILES string of the molecule is COc1ccc(-c2c(C(F)(F)F)oc3c(C[NH+]4CCCCCC4)c(O)ccc3c2=O)cc1OC. The van der Waals surface area contributed by atoms with Crippen LogP contribution in [-0.2, 0) is 12.7 Å². The Hall–Kier alpha value is -3.20. The van der Waals surface area contributed by atoms with Gasteiger partial charge in [-0.05, 0) is 55.5 Å². The first kappa shape index (κ1) is 23.9. The molecule has 34 heavy (non-hydrogen) atoms. The Labute approximate surface area is 194 Å². The number of hydrogen-bond acceptors (Lipinski definition) is 5. The van der Waals surface area contributed by atoms with Gasteiger partial charge in [0.15, 0.2) is 17.1 Å². The number of methoxy groups -OCH3 is 2. The van der Waals surface area contributed by atoms with Gasteiger partial charge < -0.3 is 23.9 Å². The maximum Gasteiger partial charge on any atom is 0.450 e. The predicted molar refractivity (Wildman–Crippen MR) is 121 cm³/mol. The standard InChI is InChI=1S/C25H26F3NO5/c1-32-19-10-7-15(13-20(19)33-2)21-22(31)16-8-9-18(30)17(14-29-11-5-3-4-6-12-29)23(16)34-24(21)25(26,27)28/h7-10,13,30H,3-6,11-12,14H2,1-2H3/p+1. The number of rotatable bonds is 5. The van der Waals surface area contributed by atoms with Crippen molar-refractivity contribution in [3.8, 4) is 28.4 Å². The topological polar surface area (TPSA) is 73.3 Å². The molecule has 0 saturated carbocycles. The molecule has 0 radical (unpaired) electrons. The molecule has 9 heteroatoms. The molecule has 2 aromatic carbocycles. The van der Waals surface area contributed by atoms with E-state index in [-0.39, 0.29) is 40.1 Å². The van der Waals surface area contributed by atoms with Crippen LogP contribution in [0.2, 0.25) is 0 Å². The molecule has 0 unspecified atom stereocenters. The molecular weight excluding hydrogens is 451 g/mol. The molecular formula is C25H27F3NO5+. The summed E-state index contributed by atoms with van der Waals surface area (Å²) in [5.74, 6) is -1.09. The molecule has 6 nitrogen and oxygen atoms in total. The van der Waals surface area contributed by atoms with Crippen LogP contribution in [0.3, 0.4) is 0 Å². The predicted octanol–water partition coefficient (Wildman–Crippen LogP) is 4.16. The lowest BCUT2D eigenvalue weighted by Crippen LogP contribution is -3.10. The number of alkyl halides is 3. The van der Waals surface area contributed by atoms with E-state index in [0.717, 1.165) is 43.7 Å². The van der Waals surface area contributed by atoms with E-state index in [4.69, 9.17) is 13.9 Å². The number of phenols is 1. The van der Waals surface area contributed by atoms with Gasteiger partial charge in [0.2, 0.25) is 11.2 Å². The summed E-state index contributed by atoms with van der Waals surface area (Å²) >= 11 is 0. The normalized spacial score (nSPS) is 15.3. The van der Waals surface area contributed by atoms with E-state index in [1.54, 1.807) is 0 Å². The van der Waals surface area contributed by atoms with Crippen LogP contribution in [0.4, 0.5) is 13.2 Å². The summed E-state index contributed by atoms with van der Waals surface area (Å²) in [6, 6.07) is 6.76. The lowest BCUT2D eigenvalue weighted by atomic mass is 9.99. The zero-order valence-corrected chi connectivity index (χ0v) is 19.1. The molecule has 182 valence electrons. The highest BCUT2D eigenvalue weighted by Crippen LogP contribution is 2.41. The fraction of sp³-hybridized carbons (Fsp3) is 0.400. The lowest BCUT2D eigenvalue weighted by molar-refractivity contribution is -0.913. The molecule has 0 spiro atoms. The van der Waals surface area contributed by atoms with Gasteiger partial charge in [0.25, 0.3) is 0 Å². The average molecular weight is 478 g/mol. The number of hydrogen-bond donors (Lipinski definition) is 2. The van der Waals surface area contributed by atoms with E-state index in [9.17, 15) is 23.1 Å². The van der Waals surface area contributed by atoms with Crippen molar-refractivity contribution in [1.29, 1.82) is 0 Å². The van der Waals surface area contributed by atoms with Gasteiger partial charge in [0.05, 0.1) is 43.8 Å². The Bertz CT molecular complexity index is 1240. The Balaban J connectivity index is 1.94. The largest absolute Gasteiger partial charge is 0.507 e. The van der Waals surface area contributed by atoms with E-state index in [1.807, 2.05) is 0 Å². The molecule has 1 aromatic heterocycles. The average Bonchev–Trinajstić information content (AvgIpc) is 3.08. The fourth-order valence-electron chi connectivity index (χ4n) is 4.58. The van der Waals surface area contributed by atoms with Gasteiger partial charge in [0, 0.05) is 0 Å². The Morgan fingerprint density at radius 2 is 1.68 bits per heavy atom. The Morgan fingerprint density at radius 1 is 1.00 bits per heavy atom. The molecule has 2 heterocycles. The van der Waals surface area contributed by atoms with E-state index >= 15 is 0 Å². The quantitative estimate of drug-likeness (QED) is 0.576. The molecule has 0 amide bonds. The maximum atomic E-state index is 14.2. The van der Waals surface area contributed by atoms with Crippen molar-refractivity contribution in [2.45, 2.75) is 38.4 Å². The zero-order chi connectivity index (χ0) is 24.5. The van der Waals surface area contributed by atoms with Gasteiger partial charge >= 0.3 is 6.18 Å². The minimum atomic E-state index is -4.94. The number of quaternary nitrogens is 1. The zero-order valence-electron chi connectivity index (χ0n) is 19.1. The molecule has 0 bridgehead atoms. The number of likely N-dealkylation sites (tertiary alicyclic amines) is 1. The van der Waals surface area contributed by atoms with Crippen molar-refractivity contribution >= 4 is 11.0 Å². The minimum absolute atomic E-state index is 0.00612.